The van der Waals surface area contributed by atoms with Gasteiger partial charge in [-0.25, -0.2) is 9.51 Å². The van der Waals surface area contributed by atoms with Crippen LogP contribution in [-0.4, -0.2) is 9.61 Å². The predicted molar refractivity (Wildman–Crippen MR) is 76.7 cm³/mol. The number of nitrogens with zero attached hydrogens (tertiary/aromatic N) is 3. The Labute approximate surface area is 120 Å². The molecule has 5 nitrogen and oxygen atoms in total. The van der Waals surface area contributed by atoms with Gasteiger partial charge in [0, 0.05) is 6.20 Å². The second kappa shape index (κ2) is 5.11. The second-order valence-corrected chi connectivity index (χ2v) is 4.85. The lowest BCUT2D eigenvalue weighted by Gasteiger charge is -2.04. The molecule has 0 radical (unpaired) electrons. The summed E-state index contributed by atoms with van der Waals surface area (Å²) in [5.74, 6) is 0.402. The molecule has 0 aliphatic carbocycles. The van der Waals surface area contributed by atoms with Crippen LogP contribution in [0.5, 0.6) is 0 Å². The molecule has 0 saturated heterocycles. The highest BCUT2D eigenvalue weighted by Gasteiger charge is 2.11. The van der Waals surface area contributed by atoms with Crippen molar-refractivity contribution in [3.8, 4) is 0 Å². The van der Waals surface area contributed by atoms with Crippen molar-refractivity contribution in [2.24, 2.45) is 10.7 Å². The molecule has 0 fully saturated rings. The number of rotatable bonds is 2. The first kappa shape index (κ1) is 12.9. The van der Waals surface area contributed by atoms with Crippen LogP contribution in [-0.2, 0) is 0 Å². The second-order valence-electron chi connectivity index (χ2n) is 4.44. The molecule has 1 atom stereocenters. The van der Waals surface area contributed by atoms with E-state index in [1.807, 2.05) is 30.3 Å². The Bertz CT molecular complexity index is 805. The highest BCUT2D eigenvalue weighted by molar-refractivity contribution is 6.33. The summed E-state index contributed by atoms with van der Waals surface area (Å²) in [5, 5.41) is 4.81. The topological polar surface area (TPSA) is 68.8 Å². The predicted octanol–water partition coefficient (Wildman–Crippen LogP) is 2.83. The summed E-state index contributed by atoms with van der Waals surface area (Å²) in [4.78, 5) is 4.48. The zero-order valence-electron chi connectivity index (χ0n) is 10.8. The van der Waals surface area contributed by atoms with Crippen molar-refractivity contribution in [1.82, 2.24) is 9.61 Å². The van der Waals surface area contributed by atoms with Gasteiger partial charge in [-0.1, -0.05) is 29.8 Å². The van der Waals surface area contributed by atoms with Gasteiger partial charge in [0.15, 0.2) is 0 Å². The van der Waals surface area contributed by atoms with Crippen LogP contribution in [0.4, 0.5) is 5.69 Å². The lowest BCUT2D eigenvalue weighted by Crippen LogP contribution is -2.16. The molecular weight excluding hydrogens is 276 g/mol. The molecule has 102 valence electrons. The molecule has 6 heteroatoms. The van der Waals surface area contributed by atoms with Gasteiger partial charge in [-0.05, 0) is 25.1 Å². The summed E-state index contributed by atoms with van der Waals surface area (Å²) in [6, 6.07) is 10.9. The van der Waals surface area contributed by atoms with Gasteiger partial charge in [0.25, 0.3) is 0 Å². The molecule has 0 amide bonds. The smallest absolute Gasteiger partial charge is 0.249 e. The van der Waals surface area contributed by atoms with E-state index in [0.717, 1.165) is 5.69 Å². The Kier molecular flexibility index (Phi) is 3.30. The number of aromatic nitrogens is 2. The van der Waals surface area contributed by atoms with Crippen molar-refractivity contribution < 1.29 is 4.42 Å². The number of halogens is 1. The number of hydrogen-bond acceptors (Lipinski definition) is 4. The zero-order chi connectivity index (χ0) is 14.1. The number of fused-ring (bicyclic) bond motifs is 1. The van der Waals surface area contributed by atoms with E-state index < -0.39 is 0 Å². The van der Waals surface area contributed by atoms with Gasteiger partial charge in [0.1, 0.15) is 5.52 Å². The molecule has 0 aliphatic heterocycles. The molecule has 0 aliphatic rings. The molecule has 0 unspecified atom stereocenters. The minimum Gasteiger partial charge on any atom is -0.419 e. The third-order valence-electron chi connectivity index (χ3n) is 2.80. The molecule has 3 aromatic rings. The number of hydrogen-bond donors (Lipinski definition) is 1. The van der Waals surface area contributed by atoms with Crippen LogP contribution < -0.4 is 11.3 Å². The zero-order valence-corrected chi connectivity index (χ0v) is 11.6. The van der Waals surface area contributed by atoms with Crippen LogP contribution >= 0.6 is 11.6 Å². The average Bonchev–Trinajstić information content (AvgIpc) is 2.82. The maximum absolute atomic E-state index is 6.16. The lowest BCUT2D eigenvalue weighted by atomic mass is 10.3. The van der Waals surface area contributed by atoms with Gasteiger partial charge in [-0.2, -0.15) is 0 Å². The van der Waals surface area contributed by atoms with Crippen molar-refractivity contribution in [3.63, 3.8) is 0 Å². The highest BCUT2D eigenvalue weighted by atomic mass is 35.5. The summed E-state index contributed by atoms with van der Waals surface area (Å²) in [6.07, 6.45) is 1.75. The van der Waals surface area contributed by atoms with Crippen molar-refractivity contribution in [3.05, 3.63) is 59.1 Å². The quantitative estimate of drug-likeness (QED) is 0.788. The van der Waals surface area contributed by atoms with Crippen molar-refractivity contribution >= 4 is 22.8 Å². The fourth-order valence-corrected chi connectivity index (χ4v) is 2.06. The van der Waals surface area contributed by atoms with Crippen LogP contribution in [0, 0.1) is 0 Å². The van der Waals surface area contributed by atoms with Crippen LogP contribution in [0.3, 0.4) is 0 Å². The summed E-state index contributed by atoms with van der Waals surface area (Å²) in [6.45, 7) is 1.80. The highest BCUT2D eigenvalue weighted by Crippen LogP contribution is 2.17. The lowest BCUT2D eigenvalue weighted by molar-refractivity contribution is 0.389. The van der Waals surface area contributed by atoms with Gasteiger partial charge >= 0.3 is 0 Å². The third-order valence-corrected chi connectivity index (χ3v) is 3.11. The van der Waals surface area contributed by atoms with E-state index in [1.54, 1.807) is 23.7 Å². The van der Waals surface area contributed by atoms with Crippen molar-refractivity contribution in [2.75, 3.05) is 0 Å². The third kappa shape index (κ3) is 2.33. The van der Waals surface area contributed by atoms with Crippen molar-refractivity contribution in [1.29, 1.82) is 0 Å². The van der Waals surface area contributed by atoms with E-state index >= 15 is 0 Å². The largest absolute Gasteiger partial charge is 0.419 e. The Hall–Kier alpha value is -2.11. The number of benzene rings is 1. The summed E-state index contributed by atoms with van der Waals surface area (Å²) >= 11 is 6.16. The SMILES string of the molecule is C[C@H](N)c1nn2ccc(Cl)c2/c(=N/c2ccccc2)o1. The van der Waals surface area contributed by atoms with E-state index in [1.165, 1.54) is 0 Å². The van der Waals surface area contributed by atoms with Crippen LogP contribution in [0.15, 0.2) is 52.0 Å². The van der Waals surface area contributed by atoms with Gasteiger partial charge in [0.05, 0.1) is 16.8 Å². The van der Waals surface area contributed by atoms with E-state index in [2.05, 4.69) is 10.1 Å². The Balaban J connectivity index is 2.32. The minimum absolute atomic E-state index is 0.328. The first-order valence-electron chi connectivity index (χ1n) is 6.18. The van der Waals surface area contributed by atoms with E-state index in [4.69, 9.17) is 21.8 Å². The molecule has 1 aromatic carbocycles. The molecule has 0 bridgehead atoms. The molecule has 0 spiro atoms. The van der Waals surface area contributed by atoms with Gasteiger partial charge in [-0.15, -0.1) is 5.10 Å². The fraction of sp³-hybridized carbons (Fsp3) is 0.143. The van der Waals surface area contributed by atoms with Gasteiger partial charge in [-0.3, -0.25) is 0 Å². The van der Waals surface area contributed by atoms with E-state index in [9.17, 15) is 0 Å². The number of para-hydroxylation sites is 1. The monoisotopic (exact) mass is 288 g/mol. The molecule has 20 heavy (non-hydrogen) atoms. The average molecular weight is 289 g/mol. The van der Waals surface area contributed by atoms with E-state index in [-0.39, 0.29) is 6.04 Å². The van der Waals surface area contributed by atoms with Crippen LogP contribution in [0.2, 0.25) is 5.02 Å². The Morgan fingerprint density at radius 2 is 2.05 bits per heavy atom. The number of nitrogens with two attached hydrogens (primary N) is 1. The van der Waals surface area contributed by atoms with Gasteiger partial charge < -0.3 is 10.2 Å². The normalized spacial score (nSPS) is 13.8. The maximum atomic E-state index is 6.16. The molecule has 0 saturated carbocycles. The minimum atomic E-state index is -0.328. The van der Waals surface area contributed by atoms with Crippen molar-refractivity contribution in [2.45, 2.75) is 13.0 Å². The van der Waals surface area contributed by atoms with E-state index in [0.29, 0.717) is 22.0 Å². The van der Waals surface area contributed by atoms with Gasteiger partial charge in [0.2, 0.25) is 11.4 Å². The molecule has 2 aromatic heterocycles. The molecule has 3 rings (SSSR count). The Morgan fingerprint density at radius 1 is 1.30 bits per heavy atom. The standard InChI is InChI=1S/C14H13ClN4O/c1-9(16)13-18-19-8-7-11(15)12(19)14(20-13)17-10-5-3-2-4-6-10/h2-9H,16H2,1H3/b17-14-/t9-/m0/s1. The summed E-state index contributed by atoms with van der Waals surface area (Å²) in [5.41, 5.74) is 7.63. The van der Waals surface area contributed by atoms with Crippen LogP contribution in [0.1, 0.15) is 18.9 Å². The summed E-state index contributed by atoms with van der Waals surface area (Å²) in [7, 11) is 0. The maximum Gasteiger partial charge on any atom is 0.249 e. The molecular formula is C14H13ClN4O. The fourth-order valence-electron chi connectivity index (χ4n) is 1.84. The summed E-state index contributed by atoms with van der Waals surface area (Å²) < 4.78 is 7.32. The molecule has 2 heterocycles. The first-order valence-corrected chi connectivity index (χ1v) is 6.56. The first-order chi connectivity index (χ1) is 9.65. The van der Waals surface area contributed by atoms with Crippen LogP contribution in [0.25, 0.3) is 5.52 Å². The Morgan fingerprint density at radius 3 is 2.75 bits per heavy atom. The molecule has 2 N–H and O–H groups in total.